The van der Waals surface area contributed by atoms with Crippen molar-refractivity contribution >= 4 is 5.97 Å². The quantitative estimate of drug-likeness (QED) is 0.782. The predicted molar refractivity (Wildman–Crippen MR) is 57.0 cm³/mol. The van der Waals surface area contributed by atoms with Crippen molar-refractivity contribution in [2.24, 2.45) is 0 Å². The Kier molecular flexibility index (Phi) is 3.31. The number of carbonyl (C=O) groups is 1. The van der Waals surface area contributed by atoms with Gasteiger partial charge in [0.2, 0.25) is 0 Å². The molecule has 0 aliphatic carbocycles. The zero-order valence-corrected chi connectivity index (χ0v) is 9.07. The lowest BCUT2D eigenvalue weighted by molar-refractivity contribution is -0.144. The summed E-state index contributed by atoms with van der Waals surface area (Å²) in [7, 11) is 3.14. The van der Waals surface area contributed by atoms with E-state index in [0.717, 1.165) is 0 Å². The van der Waals surface area contributed by atoms with Gasteiger partial charge in [-0.05, 0) is 20.0 Å². The lowest BCUT2D eigenvalue weighted by Crippen LogP contribution is -2.44. The molecule has 0 amide bonds. The second-order valence-corrected chi connectivity index (χ2v) is 3.38. The molecular formula is C11H15NO3. The number of hydrogen-bond donors (Lipinski definition) is 2. The van der Waals surface area contributed by atoms with Crippen LogP contribution in [0, 0.1) is 0 Å². The predicted octanol–water partition coefficient (Wildman–Crippen LogP) is 1.21. The third-order valence-corrected chi connectivity index (χ3v) is 2.57. The lowest BCUT2D eigenvalue weighted by Gasteiger charge is -2.26. The van der Waals surface area contributed by atoms with Crippen molar-refractivity contribution in [1.82, 2.24) is 5.32 Å². The van der Waals surface area contributed by atoms with Crippen LogP contribution in [0.2, 0.25) is 0 Å². The molecule has 0 radical (unpaired) electrons. The van der Waals surface area contributed by atoms with Crippen molar-refractivity contribution < 1.29 is 14.6 Å². The molecule has 0 aliphatic heterocycles. The van der Waals surface area contributed by atoms with Crippen LogP contribution in [-0.2, 0) is 10.3 Å². The van der Waals surface area contributed by atoms with Gasteiger partial charge in [-0.3, -0.25) is 0 Å². The van der Waals surface area contributed by atoms with Crippen LogP contribution < -0.4 is 10.1 Å². The maximum Gasteiger partial charge on any atom is 0.328 e. The number of ether oxygens (including phenoxy) is 1. The Morgan fingerprint density at radius 3 is 2.53 bits per heavy atom. The van der Waals surface area contributed by atoms with Gasteiger partial charge in [-0.1, -0.05) is 18.2 Å². The minimum absolute atomic E-state index is 0.566. The van der Waals surface area contributed by atoms with E-state index in [2.05, 4.69) is 5.32 Å². The van der Waals surface area contributed by atoms with Gasteiger partial charge in [0.25, 0.3) is 0 Å². The van der Waals surface area contributed by atoms with Gasteiger partial charge in [0.05, 0.1) is 7.11 Å². The van der Waals surface area contributed by atoms with Gasteiger partial charge in [-0.25, -0.2) is 4.79 Å². The monoisotopic (exact) mass is 209 g/mol. The Balaban J connectivity index is 3.29. The number of benzene rings is 1. The summed E-state index contributed by atoms with van der Waals surface area (Å²) in [5, 5.41) is 12.0. The summed E-state index contributed by atoms with van der Waals surface area (Å²) in [6.45, 7) is 1.60. The third kappa shape index (κ3) is 1.94. The van der Waals surface area contributed by atoms with Crippen molar-refractivity contribution in [1.29, 1.82) is 0 Å². The van der Waals surface area contributed by atoms with Crippen molar-refractivity contribution in [2.45, 2.75) is 12.5 Å². The van der Waals surface area contributed by atoms with Crippen LogP contribution in [0.3, 0.4) is 0 Å². The highest BCUT2D eigenvalue weighted by molar-refractivity contribution is 5.81. The molecule has 0 fully saturated rings. The first kappa shape index (κ1) is 11.5. The number of para-hydroxylation sites is 1. The van der Waals surface area contributed by atoms with Crippen molar-refractivity contribution in [3.8, 4) is 5.75 Å². The molecule has 4 nitrogen and oxygen atoms in total. The third-order valence-electron chi connectivity index (χ3n) is 2.57. The summed E-state index contributed by atoms with van der Waals surface area (Å²) in [5.74, 6) is -0.369. The van der Waals surface area contributed by atoms with Crippen LogP contribution in [0.1, 0.15) is 12.5 Å². The van der Waals surface area contributed by atoms with Crippen LogP contribution >= 0.6 is 0 Å². The van der Waals surface area contributed by atoms with Gasteiger partial charge in [0.15, 0.2) is 0 Å². The molecule has 0 spiro atoms. The summed E-state index contributed by atoms with van der Waals surface area (Å²) in [6, 6.07) is 7.08. The molecule has 1 rings (SSSR count). The molecule has 2 N–H and O–H groups in total. The number of likely N-dealkylation sites (N-methyl/N-ethyl adjacent to an activating group) is 1. The molecule has 0 unspecified atom stereocenters. The highest BCUT2D eigenvalue weighted by atomic mass is 16.5. The van der Waals surface area contributed by atoms with Crippen LogP contribution in [0.25, 0.3) is 0 Å². The molecule has 82 valence electrons. The number of methoxy groups -OCH3 is 1. The van der Waals surface area contributed by atoms with Crippen LogP contribution in [-0.4, -0.2) is 25.2 Å². The van der Waals surface area contributed by atoms with Crippen molar-refractivity contribution in [3.05, 3.63) is 29.8 Å². The fraction of sp³-hybridized carbons (Fsp3) is 0.364. The Morgan fingerprint density at radius 1 is 1.47 bits per heavy atom. The number of aliphatic carboxylic acids is 1. The zero-order valence-electron chi connectivity index (χ0n) is 9.07. The molecule has 1 aromatic carbocycles. The normalized spacial score (nSPS) is 14.3. The molecular weight excluding hydrogens is 194 g/mol. The standard InChI is InChI=1S/C11H15NO3/c1-11(12-2,10(13)14)8-6-4-5-7-9(8)15-3/h4-7,12H,1-3H3,(H,13,14)/t11-/m1/s1. The highest BCUT2D eigenvalue weighted by Crippen LogP contribution is 2.29. The van der Waals surface area contributed by atoms with Gasteiger partial charge in [0.1, 0.15) is 11.3 Å². The Bertz CT molecular complexity index is 365. The molecule has 0 aliphatic rings. The van der Waals surface area contributed by atoms with E-state index in [1.54, 1.807) is 38.2 Å². The lowest BCUT2D eigenvalue weighted by atomic mass is 9.91. The van der Waals surface area contributed by atoms with Gasteiger partial charge >= 0.3 is 5.97 Å². The molecule has 0 aromatic heterocycles. The fourth-order valence-corrected chi connectivity index (χ4v) is 1.41. The smallest absolute Gasteiger partial charge is 0.328 e. The first-order chi connectivity index (χ1) is 7.06. The maximum absolute atomic E-state index is 11.2. The first-order valence-electron chi connectivity index (χ1n) is 4.62. The molecule has 1 atom stereocenters. The Morgan fingerprint density at radius 2 is 2.07 bits per heavy atom. The molecule has 0 saturated heterocycles. The van der Waals surface area contributed by atoms with E-state index in [1.165, 1.54) is 7.11 Å². The van der Waals surface area contributed by atoms with Gasteiger partial charge in [0, 0.05) is 5.56 Å². The van der Waals surface area contributed by atoms with Crippen LogP contribution in [0.4, 0.5) is 0 Å². The summed E-state index contributed by atoms with van der Waals surface area (Å²) >= 11 is 0. The van der Waals surface area contributed by atoms with E-state index >= 15 is 0 Å². The summed E-state index contributed by atoms with van der Waals surface area (Å²) in [5.41, 5.74) is -0.519. The Labute approximate surface area is 88.9 Å². The average Bonchev–Trinajstić information content (AvgIpc) is 2.27. The summed E-state index contributed by atoms with van der Waals surface area (Å²) < 4.78 is 5.14. The van der Waals surface area contributed by atoms with Crippen molar-refractivity contribution in [2.75, 3.05) is 14.2 Å². The van der Waals surface area contributed by atoms with E-state index in [4.69, 9.17) is 4.74 Å². The minimum atomic E-state index is -1.13. The van der Waals surface area contributed by atoms with E-state index in [1.807, 2.05) is 0 Å². The second kappa shape index (κ2) is 4.31. The van der Waals surface area contributed by atoms with E-state index in [-0.39, 0.29) is 0 Å². The number of hydrogen-bond acceptors (Lipinski definition) is 3. The number of rotatable bonds is 4. The van der Waals surface area contributed by atoms with Gasteiger partial charge in [-0.2, -0.15) is 0 Å². The summed E-state index contributed by atoms with van der Waals surface area (Å²) in [4.78, 5) is 11.2. The van der Waals surface area contributed by atoms with E-state index < -0.39 is 11.5 Å². The van der Waals surface area contributed by atoms with Crippen molar-refractivity contribution in [3.63, 3.8) is 0 Å². The number of carboxylic acids is 1. The van der Waals surface area contributed by atoms with Crippen LogP contribution in [0.15, 0.2) is 24.3 Å². The largest absolute Gasteiger partial charge is 0.496 e. The van der Waals surface area contributed by atoms with Gasteiger partial charge < -0.3 is 15.2 Å². The molecule has 1 aromatic rings. The fourth-order valence-electron chi connectivity index (χ4n) is 1.41. The molecule has 0 saturated carbocycles. The zero-order chi connectivity index (χ0) is 11.5. The molecule has 0 bridgehead atoms. The molecule has 4 heteroatoms. The second-order valence-electron chi connectivity index (χ2n) is 3.38. The SMILES string of the molecule is CN[C@@](C)(C(=O)O)c1ccccc1OC. The van der Waals surface area contributed by atoms with E-state index in [0.29, 0.717) is 11.3 Å². The topological polar surface area (TPSA) is 58.6 Å². The minimum Gasteiger partial charge on any atom is -0.496 e. The van der Waals surface area contributed by atoms with E-state index in [9.17, 15) is 9.90 Å². The first-order valence-corrected chi connectivity index (χ1v) is 4.62. The maximum atomic E-state index is 11.2. The number of carboxylic acid groups (broad SMARTS) is 1. The Hall–Kier alpha value is -1.55. The number of nitrogens with one attached hydrogen (secondary N) is 1. The molecule has 0 heterocycles. The highest BCUT2D eigenvalue weighted by Gasteiger charge is 2.35. The van der Waals surface area contributed by atoms with Gasteiger partial charge in [-0.15, -0.1) is 0 Å². The molecule has 15 heavy (non-hydrogen) atoms. The average molecular weight is 209 g/mol. The van der Waals surface area contributed by atoms with Crippen LogP contribution in [0.5, 0.6) is 5.75 Å². The summed E-state index contributed by atoms with van der Waals surface area (Å²) in [6.07, 6.45) is 0.